The van der Waals surface area contributed by atoms with Gasteiger partial charge in [-0.15, -0.1) is 0 Å². The zero-order valence-electron chi connectivity index (χ0n) is 14.5. The summed E-state index contributed by atoms with van der Waals surface area (Å²) in [5, 5.41) is 9.30. The van der Waals surface area contributed by atoms with E-state index in [1.807, 2.05) is 32.0 Å². The molecule has 5 heteroatoms. The van der Waals surface area contributed by atoms with Crippen LogP contribution >= 0.6 is 0 Å². The molecule has 24 heavy (non-hydrogen) atoms. The van der Waals surface area contributed by atoms with Crippen LogP contribution in [0.1, 0.15) is 43.2 Å². The Hall–Kier alpha value is -1.72. The molecule has 3 rings (SSSR count). The van der Waals surface area contributed by atoms with E-state index in [1.54, 1.807) is 0 Å². The van der Waals surface area contributed by atoms with Crippen molar-refractivity contribution in [3.63, 3.8) is 0 Å². The molecule has 130 valence electrons. The average molecular weight is 330 g/mol. The molecule has 0 unspecified atom stereocenters. The number of nitrogens with zero attached hydrogens (tertiary/aromatic N) is 2. The minimum absolute atomic E-state index is 0.112. The van der Waals surface area contributed by atoms with Gasteiger partial charge < -0.3 is 5.11 Å². The summed E-state index contributed by atoms with van der Waals surface area (Å²) in [6.07, 6.45) is 4.07. The Labute approximate surface area is 143 Å². The first kappa shape index (κ1) is 17.1. The van der Waals surface area contributed by atoms with Crippen LogP contribution < -0.4 is 4.90 Å². The van der Waals surface area contributed by atoms with E-state index in [1.165, 1.54) is 4.90 Å². The third kappa shape index (κ3) is 3.10. The molecular formula is C19H26N2O3. The minimum atomic E-state index is -0.380. The van der Waals surface area contributed by atoms with Gasteiger partial charge in [-0.05, 0) is 56.8 Å². The summed E-state index contributed by atoms with van der Waals surface area (Å²) in [4.78, 5) is 29.2. The smallest absolute Gasteiger partial charge is 0.251 e. The van der Waals surface area contributed by atoms with E-state index >= 15 is 0 Å². The van der Waals surface area contributed by atoms with Crippen molar-refractivity contribution in [2.45, 2.75) is 58.0 Å². The number of carbonyl (C=O) groups is 2. The summed E-state index contributed by atoms with van der Waals surface area (Å²) >= 11 is 0. The summed E-state index contributed by atoms with van der Waals surface area (Å²) in [6, 6.07) is 5.67. The number of aliphatic hydroxyl groups excluding tert-OH is 1. The fraction of sp³-hybridized carbons (Fsp3) is 0.579. The van der Waals surface area contributed by atoms with Crippen molar-refractivity contribution in [3.8, 4) is 0 Å². The zero-order valence-corrected chi connectivity index (χ0v) is 14.5. The van der Waals surface area contributed by atoms with Gasteiger partial charge in [-0.1, -0.05) is 18.6 Å². The average Bonchev–Trinajstić information content (AvgIpc) is 2.85. The number of likely N-dealkylation sites (tertiary alicyclic amines) is 1. The standard InChI is InChI=1S/C19H26N2O3/c1-13-6-7-14(2)16(11-13)21-18(23)12-17(19(21)24)20-9-4-3-5-15(20)8-10-22/h6-7,11,15,17,22H,3-5,8-10,12H2,1-2H3/t15-,17+/m1/s1. The number of carbonyl (C=O) groups excluding carboxylic acids is 2. The van der Waals surface area contributed by atoms with Crippen LogP contribution in [-0.4, -0.2) is 47.1 Å². The number of imide groups is 1. The van der Waals surface area contributed by atoms with Crippen LogP contribution in [-0.2, 0) is 9.59 Å². The number of hydrogen-bond acceptors (Lipinski definition) is 4. The molecule has 0 spiro atoms. The highest BCUT2D eigenvalue weighted by molar-refractivity contribution is 6.22. The third-order valence-corrected chi connectivity index (χ3v) is 5.26. The summed E-state index contributed by atoms with van der Waals surface area (Å²) in [6.45, 7) is 4.84. The molecule has 5 nitrogen and oxygen atoms in total. The van der Waals surface area contributed by atoms with E-state index in [4.69, 9.17) is 0 Å². The molecule has 2 saturated heterocycles. The van der Waals surface area contributed by atoms with Gasteiger partial charge in [0.1, 0.15) is 0 Å². The predicted molar refractivity (Wildman–Crippen MR) is 92.9 cm³/mol. The molecule has 0 aromatic heterocycles. The van der Waals surface area contributed by atoms with E-state index < -0.39 is 0 Å². The molecule has 2 heterocycles. The van der Waals surface area contributed by atoms with E-state index in [0.29, 0.717) is 12.1 Å². The number of hydrogen-bond donors (Lipinski definition) is 1. The van der Waals surface area contributed by atoms with Gasteiger partial charge in [0.05, 0.1) is 18.2 Å². The number of aliphatic hydroxyl groups is 1. The Balaban J connectivity index is 1.87. The zero-order chi connectivity index (χ0) is 17.3. The summed E-state index contributed by atoms with van der Waals surface area (Å²) in [5.74, 6) is -0.231. The largest absolute Gasteiger partial charge is 0.396 e. The van der Waals surface area contributed by atoms with Crippen LogP contribution in [0.5, 0.6) is 0 Å². The Bertz CT molecular complexity index is 641. The second-order valence-corrected chi connectivity index (χ2v) is 6.98. The number of aryl methyl sites for hydroxylation is 2. The summed E-state index contributed by atoms with van der Waals surface area (Å²) in [7, 11) is 0. The molecule has 0 saturated carbocycles. The Morgan fingerprint density at radius 2 is 2.00 bits per heavy atom. The van der Waals surface area contributed by atoms with Gasteiger partial charge in [-0.25, -0.2) is 4.90 Å². The molecule has 2 aliphatic heterocycles. The number of rotatable bonds is 4. The first-order chi connectivity index (χ1) is 11.5. The van der Waals surface area contributed by atoms with Crippen molar-refractivity contribution >= 4 is 17.5 Å². The predicted octanol–water partition coefficient (Wildman–Crippen LogP) is 2.17. The maximum atomic E-state index is 13.0. The number of benzene rings is 1. The fourth-order valence-electron chi connectivity index (χ4n) is 3.98. The Morgan fingerprint density at radius 3 is 2.75 bits per heavy atom. The first-order valence-corrected chi connectivity index (χ1v) is 8.83. The van der Waals surface area contributed by atoms with Crippen molar-refractivity contribution in [1.29, 1.82) is 0 Å². The topological polar surface area (TPSA) is 60.9 Å². The van der Waals surface area contributed by atoms with Crippen LogP contribution in [0.2, 0.25) is 0 Å². The van der Waals surface area contributed by atoms with E-state index in [0.717, 1.165) is 36.9 Å². The highest BCUT2D eigenvalue weighted by atomic mass is 16.3. The van der Waals surface area contributed by atoms with Gasteiger partial charge in [-0.2, -0.15) is 0 Å². The van der Waals surface area contributed by atoms with Crippen LogP contribution in [0.15, 0.2) is 18.2 Å². The second kappa shape index (κ2) is 7.03. The van der Waals surface area contributed by atoms with Gasteiger partial charge in [0.15, 0.2) is 0 Å². The SMILES string of the molecule is Cc1ccc(C)c(N2C(=O)C[C@H](N3CCCC[C@@H]3CCO)C2=O)c1. The molecule has 0 aliphatic carbocycles. The maximum absolute atomic E-state index is 13.0. The molecule has 2 aliphatic rings. The van der Waals surface area contributed by atoms with Crippen molar-refractivity contribution in [2.75, 3.05) is 18.1 Å². The van der Waals surface area contributed by atoms with Crippen LogP contribution in [0.4, 0.5) is 5.69 Å². The normalized spacial score (nSPS) is 25.5. The van der Waals surface area contributed by atoms with E-state index in [-0.39, 0.29) is 36.9 Å². The number of anilines is 1. The summed E-state index contributed by atoms with van der Waals surface area (Å²) in [5.41, 5.74) is 2.69. The minimum Gasteiger partial charge on any atom is -0.396 e. The first-order valence-electron chi connectivity index (χ1n) is 8.83. The highest BCUT2D eigenvalue weighted by Crippen LogP contribution is 2.32. The van der Waals surface area contributed by atoms with Crippen molar-refractivity contribution in [3.05, 3.63) is 29.3 Å². The van der Waals surface area contributed by atoms with Crippen LogP contribution in [0, 0.1) is 13.8 Å². The third-order valence-electron chi connectivity index (χ3n) is 5.26. The van der Waals surface area contributed by atoms with Crippen LogP contribution in [0.25, 0.3) is 0 Å². The molecule has 2 atom stereocenters. The van der Waals surface area contributed by atoms with Crippen LogP contribution in [0.3, 0.4) is 0 Å². The number of amides is 2. The highest BCUT2D eigenvalue weighted by Gasteiger charge is 2.45. The van der Waals surface area contributed by atoms with E-state index in [9.17, 15) is 14.7 Å². The lowest BCUT2D eigenvalue weighted by Gasteiger charge is -2.38. The van der Waals surface area contributed by atoms with Gasteiger partial charge in [0.25, 0.3) is 5.91 Å². The molecule has 1 aromatic rings. The lowest BCUT2D eigenvalue weighted by Crippen LogP contribution is -2.50. The quantitative estimate of drug-likeness (QED) is 0.860. The Kier molecular flexibility index (Phi) is 5.01. The molecule has 1 N–H and O–H groups in total. The van der Waals surface area contributed by atoms with Crippen molar-refractivity contribution in [2.24, 2.45) is 0 Å². The second-order valence-electron chi connectivity index (χ2n) is 6.98. The lowest BCUT2D eigenvalue weighted by atomic mass is 9.97. The summed E-state index contributed by atoms with van der Waals surface area (Å²) < 4.78 is 0. The lowest BCUT2D eigenvalue weighted by molar-refractivity contribution is -0.124. The molecule has 0 bridgehead atoms. The number of piperidine rings is 1. The van der Waals surface area contributed by atoms with Gasteiger partial charge in [0, 0.05) is 12.6 Å². The maximum Gasteiger partial charge on any atom is 0.251 e. The fourth-order valence-corrected chi connectivity index (χ4v) is 3.98. The van der Waals surface area contributed by atoms with Crippen molar-refractivity contribution < 1.29 is 14.7 Å². The molecular weight excluding hydrogens is 304 g/mol. The monoisotopic (exact) mass is 330 g/mol. The van der Waals surface area contributed by atoms with Gasteiger partial charge in [-0.3, -0.25) is 14.5 Å². The molecule has 0 radical (unpaired) electrons. The molecule has 2 fully saturated rings. The van der Waals surface area contributed by atoms with E-state index in [2.05, 4.69) is 4.90 Å². The molecule has 1 aromatic carbocycles. The molecule has 2 amide bonds. The van der Waals surface area contributed by atoms with Gasteiger partial charge in [0.2, 0.25) is 5.91 Å². The van der Waals surface area contributed by atoms with Crippen molar-refractivity contribution in [1.82, 2.24) is 4.90 Å². The Morgan fingerprint density at radius 1 is 1.21 bits per heavy atom. The van der Waals surface area contributed by atoms with Gasteiger partial charge >= 0.3 is 0 Å².